The van der Waals surface area contributed by atoms with Crippen LogP contribution in [0.4, 0.5) is 0 Å². The summed E-state index contributed by atoms with van der Waals surface area (Å²) in [4.78, 5) is 24.5. The smallest absolute Gasteiger partial charge is 0.262 e. The number of sulfonamides is 1. The molecule has 2 aromatic heterocycles. The highest BCUT2D eigenvalue weighted by Crippen LogP contribution is 2.23. The van der Waals surface area contributed by atoms with Crippen molar-refractivity contribution in [1.29, 1.82) is 0 Å². The number of hydrogen-bond acceptors (Lipinski definition) is 5. The van der Waals surface area contributed by atoms with Gasteiger partial charge in [-0.25, -0.2) is 18.4 Å². The molecule has 1 saturated heterocycles. The fourth-order valence-corrected chi connectivity index (χ4v) is 5.36. The minimum Gasteiger partial charge on any atom is -0.355 e. The predicted molar refractivity (Wildman–Crippen MR) is 117 cm³/mol. The third-order valence-electron chi connectivity index (χ3n) is 5.68. The van der Waals surface area contributed by atoms with Gasteiger partial charge in [0.05, 0.1) is 23.3 Å². The van der Waals surface area contributed by atoms with Crippen LogP contribution in [0.25, 0.3) is 11.0 Å². The molecule has 1 atom stereocenters. The first kappa shape index (κ1) is 21.5. The highest BCUT2D eigenvalue weighted by Gasteiger charge is 2.34. The number of amides is 1. The van der Waals surface area contributed by atoms with Crippen molar-refractivity contribution in [2.45, 2.75) is 44.7 Å². The lowest BCUT2D eigenvalue weighted by Crippen LogP contribution is -2.45. The van der Waals surface area contributed by atoms with Gasteiger partial charge >= 0.3 is 0 Å². The summed E-state index contributed by atoms with van der Waals surface area (Å²) in [7, 11) is -3.69. The summed E-state index contributed by atoms with van der Waals surface area (Å²) in [6, 6.07) is 6.04. The zero-order chi connectivity index (χ0) is 22.0. The number of piperidine rings is 1. The van der Waals surface area contributed by atoms with Crippen LogP contribution in [0.15, 0.2) is 35.7 Å². The molecular weight excluding hydrogens is 416 g/mol. The Morgan fingerprint density at radius 3 is 2.97 bits per heavy atom. The second-order valence-corrected chi connectivity index (χ2v) is 9.87. The number of nitrogens with zero attached hydrogens (tertiary/aromatic N) is 4. The molecule has 9 nitrogen and oxygen atoms in total. The van der Waals surface area contributed by atoms with Crippen LogP contribution in [-0.2, 0) is 27.8 Å². The van der Waals surface area contributed by atoms with Gasteiger partial charge in [-0.05, 0) is 44.4 Å². The molecule has 0 spiro atoms. The van der Waals surface area contributed by atoms with Gasteiger partial charge in [0.15, 0.2) is 5.03 Å². The average Bonchev–Trinajstić information content (AvgIpc) is 3.40. The number of imidazole rings is 2. The van der Waals surface area contributed by atoms with Crippen LogP contribution in [-0.4, -0.2) is 57.8 Å². The summed E-state index contributed by atoms with van der Waals surface area (Å²) in [6.45, 7) is 5.63. The van der Waals surface area contributed by atoms with Crippen LogP contribution in [0, 0.1) is 12.8 Å². The van der Waals surface area contributed by atoms with E-state index in [0.29, 0.717) is 38.9 Å². The van der Waals surface area contributed by atoms with Gasteiger partial charge in [-0.1, -0.05) is 6.07 Å². The fraction of sp³-hybridized carbons (Fsp3) is 0.476. The summed E-state index contributed by atoms with van der Waals surface area (Å²) in [5.41, 5.74) is 3.06. The SMILES string of the molecule is CCn1cnc(S(=O)(=O)N2CCC[C@@H](C(=O)NCCc3nc4ccc(C)cc4[nH]3)C2)c1. The Balaban J connectivity index is 1.33. The van der Waals surface area contributed by atoms with Crippen LogP contribution in [0.1, 0.15) is 31.2 Å². The summed E-state index contributed by atoms with van der Waals surface area (Å²) >= 11 is 0. The average molecular weight is 445 g/mol. The van der Waals surface area contributed by atoms with Gasteiger partial charge in [-0.3, -0.25) is 4.79 Å². The van der Waals surface area contributed by atoms with Crippen LogP contribution in [0.3, 0.4) is 0 Å². The Hall–Kier alpha value is -2.72. The zero-order valence-electron chi connectivity index (χ0n) is 17.8. The highest BCUT2D eigenvalue weighted by molar-refractivity contribution is 7.89. The monoisotopic (exact) mass is 444 g/mol. The van der Waals surface area contributed by atoms with Gasteiger partial charge in [0.25, 0.3) is 10.0 Å². The quantitative estimate of drug-likeness (QED) is 0.577. The maximum Gasteiger partial charge on any atom is 0.262 e. The standard InChI is InChI=1S/C21H28N6O3S/c1-3-26-13-20(23-14-26)31(29,30)27-10-4-5-16(12-27)21(28)22-9-8-19-24-17-7-6-15(2)11-18(17)25-19/h6-7,11,13-14,16H,3-5,8-10,12H2,1-2H3,(H,22,28)(H,24,25)/t16-/m1/s1. The van der Waals surface area contributed by atoms with Crippen LogP contribution in [0.2, 0.25) is 0 Å². The molecule has 10 heteroatoms. The Morgan fingerprint density at radius 1 is 1.35 bits per heavy atom. The first-order valence-corrected chi connectivity index (χ1v) is 12.1. The lowest BCUT2D eigenvalue weighted by Gasteiger charge is -2.30. The van der Waals surface area contributed by atoms with Gasteiger partial charge in [0.1, 0.15) is 5.82 Å². The van der Waals surface area contributed by atoms with Gasteiger partial charge in [-0.2, -0.15) is 4.31 Å². The summed E-state index contributed by atoms with van der Waals surface area (Å²) in [5.74, 6) is 0.335. The number of H-pyrrole nitrogens is 1. The third kappa shape index (κ3) is 4.64. The van der Waals surface area contributed by atoms with E-state index in [0.717, 1.165) is 22.4 Å². The van der Waals surface area contributed by atoms with Gasteiger partial charge in [0.2, 0.25) is 5.91 Å². The van der Waals surface area contributed by atoms with Crippen molar-refractivity contribution in [2.24, 2.45) is 5.92 Å². The molecule has 0 saturated carbocycles. The van der Waals surface area contributed by atoms with Gasteiger partial charge in [0, 0.05) is 38.8 Å². The van der Waals surface area contributed by atoms with Crippen molar-refractivity contribution in [3.63, 3.8) is 0 Å². The number of nitrogens with one attached hydrogen (secondary N) is 2. The number of rotatable bonds is 7. The van der Waals surface area contributed by atoms with E-state index in [1.165, 1.54) is 16.8 Å². The molecule has 1 fully saturated rings. The number of carbonyl (C=O) groups is 1. The maximum atomic E-state index is 12.9. The zero-order valence-corrected chi connectivity index (χ0v) is 18.7. The second kappa shape index (κ2) is 8.80. The Kier molecular flexibility index (Phi) is 6.10. The van der Waals surface area contributed by atoms with Crippen molar-refractivity contribution in [2.75, 3.05) is 19.6 Å². The molecule has 1 aromatic carbocycles. The van der Waals surface area contributed by atoms with E-state index in [2.05, 4.69) is 20.3 Å². The molecule has 166 valence electrons. The number of fused-ring (bicyclic) bond motifs is 1. The summed E-state index contributed by atoms with van der Waals surface area (Å²) in [6.07, 6.45) is 4.96. The first-order chi connectivity index (χ1) is 14.9. The predicted octanol–water partition coefficient (Wildman–Crippen LogP) is 1.85. The van der Waals surface area contributed by atoms with Crippen molar-refractivity contribution >= 4 is 27.0 Å². The second-order valence-electron chi connectivity index (χ2n) is 7.99. The molecule has 0 radical (unpaired) electrons. The Morgan fingerprint density at radius 2 is 2.19 bits per heavy atom. The van der Waals surface area contributed by atoms with Gasteiger partial charge < -0.3 is 14.9 Å². The van der Waals surface area contributed by atoms with Crippen LogP contribution in [0.5, 0.6) is 0 Å². The third-order valence-corrected chi connectivity index (χ3v) is 7.43. The lowest BCUT2D eigenvalue weighted by atomic mass is 9.99. The highest BCUT2D eigenvalue weighted by atomic mass is 32.2. The molecule has 1 aliphatic rings. The Bertz CT molecular complexity index is 1180. The molecule has 0 bridgehead atoms. The van der Waals surface area contributed by atoms with Gasteiger partial charge in [-0.15, -0.1) is 0 Å². The molecular formula is C21H28N6O3S. The number of benzene rings is 1. The molecule has 0 unspecified atom stereocenters. The summed E-state index contributed by atoms with van der Waals surface area (Å²) < 4.78 is 28.9. The number of aromatic nitrogens is 4. The molecule has 4 rings (SSSR count). The largest absolute Gasteiger partial charge is 0.355 e. The van der Waals surface area contributed by atoms with Crippen molar-refractivity contribution in [3.8, 4) is 0 Å². The number of aromatic amines is 1. The Labute approximate surface area is 181 Å². The van der Waals surface area contributed by atoms with E-state index in [1.54, 1.807) is 4.57 Å². The van der Waals surface area contributed by atoms with Crippen molar-refractivity contribution in [1.82, 2.24) is 29.1 Å². The first-order valence-electron chi connectivity index (χ1n) is 10.6. The van der Waals surface area contributed by atoms with E-state index in [1.807, 2.05) is 32.0 Å². The molecule has 3 heterocycles. The number of carbonyl (C=O) groups excluding carboxylic acids is 1. The topological polar surface area (TPSA) is 113 Å². The molecule has 0 aliphatic carbocycles. The van der Waals surface area contributed by atoms with E-state index < -0.39 is 10.0 Å². The van der Waals surface area contributed by atoms with Crippen molar-refractivity contribution in [3.05, 3.63) is 42.1 Å². The van der Waals surface area contributed by atoms with E-state index in [-0.39, 0.29) is 23.4 Å². The normalized spacial score (nSPS) is 17.8. The van der Waals surface area contributed by atoms with E-state index >= 15 is 0 Å². The summed E-state index contributed by atoms with van der Waals surface area (Å²) in [5, 5.41) is 2.98. The molecule has 2 N–H and O–H groups in total. The molecule has 3 aromatic rings. The molecule has 31 heavy (non-hydrogen) atoms. The maximum absolute atomic E-state index is 12.9. The fourth-order valence-electron chi connectivity index (χ4n) is 3.90. The van der Waals surface area contributed by atoms with E-state index in [9.17, 15) is 13.2 Å². The van der Waals surface area contributed by atoms with E-state index in [4.69, 9.17) is 0 Å². The molecule has 1 aliphatic heterocycles. The lowest BCUT2D eigenvalue weighted by molar-refractivity contribution is -0.126. The number of hydrogen-bond donors (Lipinski definition) is 2. The minimum absolute atomic E-state index is 0.0375. The van der Waals surface area contributed by atoms with Crippen molar-refractivity contribution < 1.29 is 13.2 Å². The minimum atomic E-state index is -3.69. The van der Waals surface area contributed by atoms with Crippen LogP contribution < -0.4 is 5.32 Å². The number of aryl methyl sites for hydroxylation is 2. The van der Waals surface area contributed by atoms with Crippen LogP contribution >= 0.6 is 0 Å². The molecule has 1 amide bonds.